The number of carbonyl (C=O) groups is 1. The Hall–Kier alpha value is -1.56. The number of likely N-dealkylation sites (N-methyl/N-ethyl adjacent to an activating group) is 1. The molecule has 1 aromatic carbocycles. The highest BCUT2D eigenvalue weighted by atomic mass is 19.4. The van der Waals surface area contributed by atoms with Crippen LogP contribution in [0.1, 0.15) is 18.4 Å². The van der Waals surface area contributed by atoms with Gasteiger partial charge in [0.2, 0.25) is 5.91 Å². The van der Waals surface area contributed by atoms with Gasteiger partial charge < -0.3 is 5.32 Å². The minimum atomic E-state index is -4.40. The molecule has 2 rings (SSSR count). The Balaban J connectivity index is 2.09. The molecule has 0 bridgehead atoms. The second-order valence-electron chi connectivity index (χ2n) is 4.71. The Labute approximate surface area is 109 Å². The number of hydrogen-bond donors (Lipinski definition) is 1. The van der Waals surface area contributed by atoms with Crippen LogP contribution in [0.2, 0.25) is 0 Å². The van der Waals surface area contributed by atoms with Gasteiger partial charge in [0.25, 0.3) is 0 Å². The Bertz CT molecular complexity index is 473. The normalized spacial score (nSPS) is 20.5. The summed E-state index contributed by atoms with van der Waals surface area (Å²) < 4.78 is 37.6. The largest absolute Gasteiger partial charge is 0.416 e. The first-order chi connectivity index (χ1) is 8.88. The van der Waals surface area contributed by atoms with E-state index in [0.717, 1.165) is 31.5 Å². The average Bonchev–Trinajstić information content (AvgIpc) is 2.75. The molecular weight excluding hydrogens is 257 g/mol. The summed E-state index contributed by atoms with van der Waals surface area (Å²) in [6.07, 6.45) is -2.73. The van der Waals surface area contributed by atoms with Crippen LogP contribution < -0.4 is 5.32 Å². The van der Waals surface area contributed by atoms with E-state index in [2.05, 4.69) is 5.32 Å². The lowest BCUT2D eigenvalue weighted by atomic mass is 10.1. The summed E-state index contributed by atoms with van der Waals surface area (Å²) in [7, 11) is 1.84. The summed E-state index contributed by atoms with van der Waals surface area (Å²) in [5.74, 6) is -0.251. The van der Waals surface area contributed by atoms with Crippen LogP contribution in [0, 0.1) is 0 Å². The van der Waals surface area contributed by atoms with Crippen molar-refractivity contribution in [2.24, 2.45) is 0 Å². The molecule has 1 aliphatic heterocycles. The highest BCUT2D eigenvalue weighted by Gasteiger charge is 2.31. The lowest BCUT2D eigenvalue weighted by Gasteiger charge is -2.19. The number of rotatable bonds is 2. The van der Waals surface area contributed by atoms with Gasteiger partial charge in [-0.15, -0.1) is 0 Å². The molecule has 1 heterocycles. The summed E-state index contributed by atoms with van der Waals surface area (Å²) in [5.41, 5.74) is -0.579. The molecule has 1 unspecified atom stereocenters. The number of likely N-dealkylation sites (tertiary alicyclic amines) is 1. The van der Waals surface area contributed by atoms with Crippen molar-refractivity contribution >= 4 is 11.6 Å². The van der Waals surface area contributed by atoms with E-state index in [-0.39, 0.29) is 17.6 Å². The molecule has 3 nitrogen and oxygen atoms in total. The van der Waals surface area contributed by atoms with Crippen molar-refractivity contribution in [2.75, 3.05) is 18.9 Å². The quantitative estimate of drug-likeness (QED) is 0.897. The molecule has 19 heavy (non-hydrogen) atoms. The second kappa shape index (κ2) is 5.21. The highest BCUT2D eigenvalue weighted by Crippen LogP contribution is 2.30. The van der Waals surface area contributed by atoms with E-state index < -0.39 is 11.7 Å². The van der Waals surface area contributed by atoms with Gasteiger partial charge in [0.1, 0.15) is 0 Å². The average molecular weight is 272 g/mol. The number of amides is 1. The maximum absolute atomic E-state index is 12.5. The molecule has 1 amide bonds. The lowest BCUT2D eigenvalue weighted by Crippen LogP contribution is -2.37. The summed E-state index contributed by atoms with van der Waals surface area (Å²) in [4.78, 5) is 13.9. The molecule has 0 aliphatic carbocycles. The van der Waals surface area contributed by atoms with Gasteiger partial charge in [-0.2, -0.15) is 13.2 Å². The Morgan fingerprint density at radius 3 is 2.74 bits per heavy atom. The fourth-order valence-corrected chi connectivity index (χ4v) is 2.24. The number of benzene rings is 1. The van der Waals surface area contributed by atoms with Crippen molar-refractivity contribution in [3.63, 3.8) is 0 Å². The van der Waals surface area contributed by atoms with Crippen LogP contribution in [0.4, 0.5) is 18.9 Å². The fraction of sp³-hybridized carbons (Fsp3) is 0.462. The maximum Gasteiger partial charge on any atom is 0.416 e. The molecule has 1 saturated heterocycles. The van der Waals surface area contributed by atoms with Gasteiger partial charge in [0.15, 0.2) is 0 Å². The van der Waals surface area contributed by atoms with Crippen LogP contribution in [0.5, 0.6) is 0 Å². The van der Waals surface area contributed by atoms with Crippen molar-refractivity contribution in [1.29, 1.82) is 0 Å². The third-order valence-corrected chi connectivity index (χ3v) is 3.28. The number of alkyl halides is 3. The van der Waals surface area contributed by atoms with E-state index in [1.807, 2.05) is 11.9 Å². The summed E-state index contributed by atoms with van der Waals surface area (Å²) in [5, 5.41) is 2.55. The number of nitrogens with one attached hydrogen (secondary N) is 1. The number of halogens is 3. The molecule has 0 spiro atoms. The Morgan fingerprint density at radius 2 is 2.16 bits per heavy atom. The van der Waals surface area contributed by atoms with E-state index in [9.17, 15) is 18.0 Å². The van der Waals surface area contributed by atoms with Crippen molar-refractivity contribution < 1.29 is 18.0 Å². The molecule has 1 fully saturated rings. The Kier molecular flexibility index (Phi) is 3.80. The molecule has 0 aromatic heterocycles. The molecule has 6 heteroatoms. The molecule has 1 atom stereocenters. The third-order valence-electron chi connectivity index (χ3n) is 3.28. The zero-order valence-electron chi connectivity index (χ0n) is 10.5. The number of carbonyl (C=O) groups excluding carboxylic acids is 1. The van der Waals surface area contributed by atoms with E-state index >= 15 is 0 Å². The molecule has 0 radical (unpaired) electrons. The third kappa shape index (κ3) is 3.26. The van der Waals surface area contributed by atoms with Crippen molar-refractivity contribution in [3.8, 4) is 0 Å². The zero-order chi connectivity index (χ0) is 14.0. The van der Waals surface area contributed by atoms with E-state index in [0.29, 0.717) is 0 Å². The first-order valence-electron chi connectivity index (χ1n) is 6.06. The number of anilines is 1. The van der Waals surface area contributed by atoms with Gasteiger partial charge in [-0.1, -0.05) is 6.07 Å². The van der Waals surface area contributed by atoms with Crippen LogP contribution in [0.15, 0.2) is 24.3 Å². The van der Waals surface area contributed by atoms with E-state index in [1.165, 1.54) is 12.1 Å². The van der Waals surface area contributed by atoms with Gasteiger partial charge in [0, 0.05) is 5.69 Å². The van der Waals surface area contributed by atoms with Crippen LogP contribution in [-0.2, 0) is 11.0 Å². The standard InChI is InChI=1S/C13H15F3N2O/c1-18-7-3-6-11(18)12(19)17-10-5-2-4-9(8-10)13(14,15)16/h2,4-5,8,11H,3,6-7H2,1H3,(H,17,19). The first kappa shape index (κ1) is 13.9. The van der Waals surface area contributed by atoms with Crippen LogP contribution in [0.3, 0.4) is 0 Å². The van der Waals surface area contributed by atoms with Gasteiger partial charge in [0.05, 0.1) is 11.6 Å². The maximum atomic E-state index is 12.5. The molecule has 1 aliphatic rings. The predicted octanol–water partition coefficient (Wildman–Crippen LogP) is 2.74. The summed E-state index contributed by atoms with van der Waals surface area (Å²) in [6.45, 7) is 0.834. The van der Waals surface area contributed by atoms with Crippen LogP contribution in [-0.4, -0.2) is 30.4 Å². The second-order valence-corrected chi connectivity index (χ2v) is 4.71. The van der Waals surface area contributed by atoms with Crippen LogP contribution in [0.25, 0.3) is 0 Å². The van der Waals surface area contributed by atoms with E-state index in [1.54, 1.807) is 0 Å². The van der Waals surface area contributed by atoms with Gasteiger partial charge in [-0.3, -0.25) is 9.69 Å². The van der Waals surface area contributed by atoms with Gasteiger partial charge >= 0.3 is 6.18 Å². The minimum absolute atomic E-state index is 0.181. The molecule has 1 N–H and O–H groups in total. The first-order valence-corrected chi connectivity index (χ1v) is 6.06. The number of nitrogens with zero attached hydrogens (tertiary/aromatic N) is 1. The van der Waals surface area contributed by atoms with Gasteiger partial charge in [-0.05, 0) is 44.6 Å². The van der Waals surface area contributed by atoms with Gasteiger partial charge in [-0.25, -0.2) is 0 Å². The lowest BCUT2D eigenvalue weighted by molar-refractivity contribution is -0.137. The van der Waals surface area contributed by atoms with E-state index in [4.69, 9.17) is 0 Å². The zero-order valence-corrected chi connectivity index (χ0v) is 10.5. The summed E-state index contributed by atoms with van der Waals surface area (Å²) in [6, 6.07) is 4.43. The highest BCUT2D eigenvalue weighted by molar-refractivity contribution is 5.95. The summed E-state index contributed by atoms with van der Waals surface area (Å²) >= 11 is 0. The fourth-order valence-electron chi connectivity index (χ4n) is 2.24. The molecular formula is C13H15F3N2O. The molecule has 0 saturated carbocycles. The topological polar surface area (TPSA) is 32.3 Å². The molecule has 104 valence electrons. The van der Waals surface area contributed by atoms with Crippen LogP contribution >= 0.6 is 0 Å². The number of hydrogen-bond acceptors (Lipinski definition) is 2. The Morgan fingerprint density at radius 1 is 1.42 bits per heavy atom. The van der Waals surface area contributed by atoms with Crippen molar-refractivity contribution in [1.82, 2.24) is 4.90 Å². The van der Waals surface area contributed by atoms with Crippen molar-refractivity contribution in [3.05, 3.63) is 29.8 Å². The van der Waals surface area contributed by atoms with Crippen molar-refractivity contribution in [2.45, 2.75) is 25.1 Å². The molecule has 1 aromatic rings. The smallest absolute Gasteiger partial charge is 0.325 e. The SMILES string of the molecule is CN1CCCC1C(=O)Nc1cccc(C(F)(F)F)c1. The monoisotopic (exact) mass is 272 g/mol. The predicted molar refractivity (Wildman–Crippen MR) is 65.7 cm³/mol. The minimum Gasteiger partial charge on any atom is -0.325 e.